The molecule has 136 valence electrons. The van der Waals surface area contributed by atoms with Crippen LogP contribution in [0.1, 0.15) is 46.3 Å². The molecule has 0 fully saturated rings. The van der Waals surface area contributed by atoms with E-state index in [9.17, 15) is 14.4 Å². The number of nitrogens with zero attached hydrogens (tertiary/aromatic N) is 2. The summed E-state index contributed by atoms with van der Waals surface area (Å²) < 4.78 is 5.50. The smallest absolute Gasteiger partial charge is 0.316 e. The first-order valence-electron chi connectivity index (χ1n) is 8.22. The Morgan fingerprint density at radius 1 is 1.19 bits per heavy atom. The van der Waals surface area contributed by atoms with Crippen molar-refractivity contribution in [2.45, 2.75) is 26.7 Å². The second-order valence-electron chi connectivity index (χ2n) is 5.65. The van der Waals surface area contributed by atoms with Crippen LogP contribution in [0.25, 0.3) is 0 Å². The van der Waals surface area contributed by atoms with Crippen LogP contribution in [-0.4, -0.2) is 34.1 Å². The minimum atomic E-state index is -1.08. The Bertz CT molecular complexity index is 823. The minimum Gasteiger partial charge on any atom is -0.465 e. The number of carbonyl (C=O) groups excluding carboxylic acids is 3. The van der Waals surface area contributed by atoms with Crippen LogP contribution in [0.2, 0.25) is 0 Å². The van der Waals surface area contributed by atoms with E-state index in [4.69, 9.17) is 4.74 Å². The molecule has 2 aromatic heterocycles. The molecule has 1 unspecified atom stereocenters. The standard InChI is InChI=1S/C19H19BrN2O4/c1-3-26-19(25)13(18(24)14-7-4-8-16(20)22-14)9-10-15(23)17-12(2)6-5-11-21-17/h4-8,11,13H,3,9-10H2,1-2H3. The van der Waals surface area contributed by atoms with E-state index in [1.807, 2.05) is 0 Å². The summed E-state index contributed by atoms with van der Waals surface area (Å²) in [5, 5.41) is 0. The van der Waals surface area contributed by atoms with Crippen molar-refractivity contribution in [2.75, 3.05) is 6.61 Å². The normalized spacial score (nSPS) is 11.7. The summed E-state index contributed by atoms with van der Waals surface area (Å²) in [6, 6.07) is 8.41. The lowest BCUT2D eigenvalue weighted by Gasteiger charge is -2.14. The summed E-state index contributed by atoms with van der Waals surface area (Å²) in [4.78, 5) is 45.6. The molecular weight excluding hydrogens is 400 g/mol. The summed E-state index contributed by atoms with van der Waals surface area (Å²) in [5.41, 5.74) is 1.26. The van der Waals surface area contributed by atoms with Crippen LogP contribution >= 0.6 is 15.9 Å². The fraction of sp³-hybridized carbons (Fsp3) is 0.316. The van der Waals surface area contributed by atoms with Crippen molar-refractivity contribution in [3.63, 3.8) is 0 Å². The molecular formula is C19H19BrN2O4. The fourth-order valence-electron chi connectivity index (χ4n) is 2.49. The zero-order valence-corrected chi connectivity index (χ0v) is 16.2. The maximum Gasteiger partial charge on any atom is 0.316 e. The summed E-state index contributed by atoms with van der Waals surface area (Å²) in [6.45, 7) is 3.61. The molecule has 0 bridgehead atoms. The van der Waals surface area contributed by atoms with Crippen LogP contribution in [0.4, 0.5) is 0 Å². The predicted octanol–water partition coefficient (Wildman–Crippen LogP) is 3.57. The predicted molar refractivity (Wildman–Crippen MR) is 98.9 cm³/mol. The Kier molecular flexibility index (Phi) is 7.15. The Morgan fingerprint density at radius 3 is 2.62 bits per heavy atom. The number of aromatic nitrogens is 2. The SMILES string of the molecule is CCOC(=O)C(CCC(=O)c1ncccc1C)C(=O)c1cccc(Br)n1. The summed E-state index contributed by atoms with van der Waals surface area (Å²) in [5.74, 6) is -2.41. The third kappa shape index (κ3) is 5.05. The largest absolute Gasteiger partial charge is 0.465 e. The highest BCUT2D eigenvalue weighted by Gasteiger charge is 2.30. The Morgan fingerprint density at radius 2 is 1.96 bits per heavy atom. The van der Waals surface area contributed by atoms with Crippen LogP contribution in [-0.2, 0) is 9.53 Å². The average molecular weight is 419 g/mol. The van der Waals surface area contributed by atoms with Gasteiger partial charge in [0.25, 0.3) is 0 Å². The molecule has 0 aromatic carbocycles. The van der Waals surface area contributed by atoms with E-state index >= 15 is 0 Å². The lowest BCUT2D eigenvalue weighted by Crippen LogP contribution is -2.28. The molecule has 2 aromatic rings. The van der Waals surface area contributed by atoms with Gasteiger partial charge >= 0.3 is 5.97 Å². The molecule has 2 rings (SSSR count). The molecule has 0 aliphatic carbocycles. The van der Waals surface area contributed by atoms with Crippen molar-refractivity contribution in [3.8, 4) is 0 Å². The monoisotopic (exact) mass is 418 g/mol. The number of halogens is 1. The summed E-state index contributed by atoms with van der Waals surface area (Å²) in [7, 11) is 0. The molecule has 0 saturated heterocycles. The van der Waals surface area contributed by atoms with Gasteiger partial charge in [-0.05, 0) is 60.0 Å². The number of esters is 1. The molecule has 7 heteroatoms. The summed E-state index contributed by atoms with van der Waals surface area (Å²) in [6.07, 6.45) is 1.60. The van der Waals surface area contributed by atoms with Gasteiger partial charge in [-0.25, -0.2) is 4.98 Å². The van der Waals surface area contributed by atoms with E-state index in [0.717, 1.165) is 5.56 Å². The molecule has 2 heterocycles. The van der Waals surface area contributed by atoms with Gasteiger partial charge in [-0.3, -0.25) is 19.4 Å². The minimum absolute atomic E-state index is 0.0150. The first kappa shape index (κ1) is 19.9. The molecule has 26 heavy (non-hydrogen) atoms. The van der Waals surface area contributed by atoms with Crippen molar-refractivity contribution in [3.05, 3.63) is 58.1 Å². The Labute approximate surface area is 160 Å². The highest BCUT2D eigenvalue weighted by Crippen LogP contribution is 2.19. The fourth-order valence-corrected chi connectivity index (χ4v) is 2.84. The van der Waals surface area contributed by atoms with E-state index in [1.54, 1.807) is 44.3 Å². The quantitative estimate of drug-likeness (QED) is 0.282. The van der Waals surface area contributed by atoms with E-state index in [-0.39, 0.29) is 30.9 Å². The van der Waals surface area contributed by atoms with Crippen molar-refractivity contribution in [2.24, 2.45) is 5.92 Å². The van der Waals surface area contributed by atoms with E-state index in [1.165, 1.54) is 6.07 Å². The number of Topliss-reactive ketones (excluding diaryl/α,β-unsaturated/α-hetero) is 2. The number of hydrogen-bond donors (Lipinski definition) is 0. The van der Waals surface area contributed by atoms with Gasteiger partial charge in [0, 0.05) is 12.6 Å². The second-order valence-corrected chi connectivity index (χ2v) is 6.46. The van der Waals surface area contributed by atoms with Crippen LogP contribution < -0.4 is 0 Å². The zero-order valence-electron chi connectivity index (χ0n) is 14.6. The zero-order chi connectivity index (χ0) is 19.1. The van der Waals surface area contributed by atoms with E-state index in [0.29, 0.717) is 10.3 Å². The lowest BCUT2D eigenvalue weighted by atomic mass is 9.93. The maximum atomic E-state index is 12.7. The molecule has 0 aliphatic rings. The number of aryl methyl sites for hydroxylation is 1. The third-order valence-corrected chi connectivity index (χ3v) is 4.23. The van der Waals surface area contributed by atoms with Gasteiger partial charge in [0.2, 0.25) is 0 Å². The van der Waals surface area contributed by atoms with Gasteiger partial charge in [0.1, 0.15) is 21.9 Å². The van der Waals surface area contributed by atoms with Crippen LogP contribution in [0, 0.1) is 12.8 Å². The van der Waals surface area contributed by atoms with Gasteiger partial charge in [-0.15, -0.1) is 0 Å². The number of ether oxygens (including phenoxy) is 1. The van der Waals surface area contributed by atoms with Gasteiger partial charge in [-0.1, -0.05) is 12.1 Å². The first-order chi connectivity index (χ1) is 12.4. The van der Waals surface area contributed by atoms with Crippen molar-refractivity contribution >= 4 is 33.5 Å². The van der Waals surface area contributed by atoms with E-state index < -0.39 is 17.7 Å². The number of pyridine rings is 2. The van der Waals surface area contributed by atoms with Crippen molar-refractivity contribution < 1.29 is 19.1 Å². The Hall–Kier alpha value is -2.41. The number of hydrogen-bond acceptors (Lipinski definition) is 6. The molecule has 0 radical (unpaired) electrons. The molecule has 0 amide bonds. The van der Waals surface area contributed by atoms with Crippen LogP contribution in [0.15, 0.2) is 41.1 Å². The van der Waals surface area contributed by atoms with Gasteiger partial charge in [-0.2, -0.15) is 0 Å². The van der Waals surface area contributed by atoms with Crippen LogP contribution in [0.3, 0.4) is 0 Å². The third-order valence-electron chi connectivity index (χ3n) is 3.79. The number of carbonyl (C=O) groups is 3. The Balaban J connectivity index is 2.17. The molecule has 6 nitrogen and oxygen atoms in total. The van der Waals surface area contributed by atoms with Gasteiger partial charge in [0.15, 0.2) is 11.6 Å². The average Bonchev–Trinajstić information content (AvgIpc) is 2.62. The summed E-state index contributed by atoms with van der Waals surface area (Å²) >= 11 is 3.21. The second kappa shape index (κ2) is 9.33. The first-order valence-corrected chi connectivity index (χ1v) is 9.01. The number of rotatable bonds is 8. The highest BCUT2D eigenvalue weighted by molar-refractivity contribution is 9.10. The van der Waals surface area contributed by atoms with Crippen molar-refractivity contribution in [1.82, 2.24) is 9.97 Å². The van der Waals surface area contributed by atoms with Gasteiger partial charge < -0.3 is 4.74 Å². The molecule has 0 N–H and O–H groups in total. The number of ketones is 2. The molecule has 0 saturated carbocycles. The highest BCUT2D eigenvalue weighted by atomic mass is 79.9. The van der Waals surface area contributed by atoms with Crippen LogP contribution in [0.5, 0.6) is 0 Å². The topological polar surface area (TPSA) is 86.2 Å². The van der Waals surface area contributed by atoms with Gasteiger partial charge in [0.05, 0.1) is 6.61 Å². The van der Waals surface area contributed by atoms with E-state index in [2.05, 4.69) is 25.9 Å². The molecule has 0 spiro atoms. The molecule has 0 aliphatic heterocycles. The van der Waals surface area contributed by atoms with Crippen molar-refractivity contribution in [1.29, 1.82) is 0 Å². The molecule has 1 atom stereocenters. The lowest BCUT2D eigenvalue weighted by molar-refractivity contribution is -0.146. The maximum absolute atomic E-state index is 12.7.